The van der Waals surface area contributed by atoms with E-state index in [0.717, 1.165) is 21.8 Å². The van der Waals surface area contributed by atoms with Gasteiger partial charge in [0.15, 0.2) is 6.61 Å². The second-order valence-electron chi connectivity index (χ2n) is 6.49. The van der Waals surface area contributed by atoms with Crippen molar-refractivity contribution >= 4 is 17.9 Å². The summed E-state index contributed by atoms with van der Waals surface area (Å²) in [5, 5.41) is 0. The molecule has 138 valence electrons. The van der Waals surface area contributed by atoms with E-state index < -0.39 is 6.09 Å². The number of hydrogen-bond acceptors (Lipinski definition) is 5. The van der Waals surface area contributed by atoms with Gasteiger partial charge in [0.2, 0.25) is 0 Å². The largest absolute Gasteiger partial charge is 0.497 e. The van der Waals surface area contributed by atoms with E-state index in [-0.39, 0.29) is 24.5 Å². The molecule has 27 heavy (non-hydrogen) atoms. The normalized spacial score (nSPS) is 16.9. The van der Waals surface area contributed by atoms with Crippen LogP contribution in [0.2, 0.25) is 0 Å². The van der Waals surface area contributed by atoms with Gasteiger partial charge >= 0.3 is 6.09 Å². The summed E-state index contributed by atoms with van der Waals surface area (Å²) in [7, 11) is 1.62. The van der Waals surface area contributed by atoms with Crippen LogP contribution in [0, 0.1) is 0 Å². The summed E-state index contributed by atoms with van der Waals surface area (Å²) in [5.41, 5.74) is 2.55. The van der Waals surface area contributed by atoms with Crippen LogP contribution in [0.4, 0.5) is 4.79 Å². The molecule has 0 aliphatic carbocycles. The number of nitrogens with zero attached hydrogens (tertiary/aromatic N) is 2. The number of carbonyl (C=O) groups excluding carboxylic acids is 3. The molecule has 2 aliphatic rings. The lowest BCUT2D eigenvalue weighted by Crippen LogP contribution is -2.62. The molecule has 2 aromatic rings. The zero-order valence-electron chi connectivity index (χ0n) is 14.8. The minimum atomic E-state index is -0.625. The number of amides is 3. The van der Waals surface area contributed by atoms with Crippen molar-refractivity contribution in [3.63, 3.8) is 0 Å². The Morgan fingerprint density at radius 3 is 2.44 bits per heavy atom. The average molecular weight is 366 g/mol. The summed E-state index contributed by atoms with van der Waals surface area (Å²) in [6.45, 7) is 0.448. The molecule has 0 aromatic heterocycles. The summed E-state index contributed by atoms with van der Waals surface area (Å²) >= 11 is 0. The van der Waals surface area contributed by atoms with E-state index in [2.05, 4.69) is 0 Å². The average Bonchev–Trinajstić information content (AvgIpc) is 2.99. The maximum absolute atomic E-state index is 12.6. The van der Waals surface area contributed by atoms with Crippen LogP contribution < -0.4 is 4.74 Å². The number of methoxy groups -OCH3 is 1. The number of cyclic esters (lactones) is 1. The second-order valence-corrected chi connectivity index (χ2v) is 6.49. The fourth-order valence-electron chi connectivity index (χ4n) is 3.29. The molecule has 0 N–H and O–H groups in total. The molecule has 0 bridgehead atoms. The Hall–Kier alpha value is -3.35. The first-order chi connectivity index (χ1) is 13.1. The molecule has 0 saturated carbocycles. The Balaban J connectivity index is 1.42. The Morgan fingerprint density at radius 1 is 1.07 bits per heavy atom. The van der Waals surface area contributed by atoms with Crippen LogP contribution in [0.1, 0.15) is 10.4 Å². The van der Waals surface area contributed by atoms with Crippen molar-refractivity contribution in [1.82, 2.24) is 9.80 Å². The molecule has 7 heteroatoms. The molecule has 0 unspecified atom stereocenters. The molecule has 0 spiro atoms. The first kappa shape index (κ1) is 17.1. The fraction of sp³-hybridized carbons (Fsp3) is 0.250. The molecule has 3 amide bonds. The van der Waals surface area contributed by atoms with Crippen molar-refractivity contribution in [2.75, 3.05) is 26.8 Å². The van der Waals surface area contributed by atoms with Gasteiger partial charge in [0.05, 0.1) is 13.2 Å². The van der Waals surface area contributed by atoms with Gasteiger partial charge < -0.3 is 14.4 Å². The summed E-state index contributed by atoms with van der Waals surface area (Å²) < 4.78 is 9.95. The quantitative estimate of drug-likeness (QED) is 0.829. The van der Waals surface area contributed by atoms with Crippen LogP contribution in [0.15, 0.2) is 48.5 Å². The number of benzene rings is 2. The first-order valence-corrected chi connectivity index (χ1v) is 8.59. The highest BCUT2D eigenvalue weighted by Gasteiger charge is 2.44. The van der Waals surface area contributed by atoms with E-state index in [1.807, 2.05) is 36.4 Å². The number of ether oxygens (including phenoxy) is 2. The standard InChI is InChI=1S/C20H18N2O5/c1-26-17-4-2-3-15(9-17)13-5-7-14(8-6-13)19(24)21-10-16(11-21)22-18(23)12-27-20(22)25/h2-9,16H,10-12H2,1H3. The van der Waals surface area contributed by atoms with Crippen LogP contribution in [-0.4, -0.2) is 60.6 Å². The minimum absolute atomic E-state index is 0.122. The predicted octanol–water partition coefficient (Wildman–Crippen LogP) is 2.17. The van der Waals surface area contributed by atoms with E-state index in [1.165, 1.54) is 0 Å². The van der Waals surface area contributed by atoms with Crippen molar-refractivity contribution in [2.45, 2.75) is 6.04 Å². The van der Waals surface area contributed by atoms with Crippen LogP contribution in [0.5, 0.6) is 5.75 Å². The third kappa shape index (κ3) is 3.12. The molecular weight excluding hydrogens is 348 g/mol. The number of likely N-dealkylation sites (tertiary alicyclic amines) is 1. The lowest BCUT2D eigenvalue weighted by molar-refractivity contribution is -0.129. The predicted molar refractivity (Wildman–Crippen MR) is 96.3 cm³/mol. The molecule has 2 aromatic carbocycles. The lowest BCUT2D eigenvalue weighted by Gasteiger charge is -2.41. The highest BCUT2D eigenvalue weighted by molar-refractivity contribution is 5.99. The van der Waals surface area contributed by atoms with Crippen LogP contribution in [-0.2, 0) is 9.53 Å². The Labute approximate surface area is 156 Å². The second kappa shape index (κ2) is 6.75. The van der Waals surface area contributed by atoms with Crippen molar-refractivity contribution in [3.05, 3.63) is 54.1 Å². The van der Waals surface area contributed by atoms with E-state index in [9.17, 15) is 14.4 Å². The minimum Gasteiger partial charge on any atom is -0.497 e. The third-order valence-electron chi connectivity index (χ3n) is 4.83. The van der Waals surface area contributed by atoms with Gasteiger partial charge in [-0.3, -0.25) is 9.59 Å². The lowest BCUT2D eigenvalue weighted by atomic mass is 10.0. The third-order valence-corrected chi connectivity index (χ3v) is 4.83. The summed E-state index contributed by atoms with van der Waals surface area (Å²) in [4.78, 5) is 38.5. The van der Waals surface area contributed by atoms with E-state index in [0.29, 0.717) is 18.7 Å². The summed E-state index contributed by atoms with van der Waals surface area (Å²) in [6.07, 6.45) is -0.625. The number of imide groups is 1. The molecule has 2 fully saturated rings. The van der Waals surface area contributed by atoms with Crippen LogP contribution in [0.25, 0.3) is 11.1 Å². The molecule has 0 atom stereocenters. The molecule has 0 radical (unpaired) electrons. The Morgan fingerprint density at radius 2 is 1.81 bits per heavy atom. The van der Waals surface area contributed by atoms with Gasteiger partial charge in [-0.2, -0.15) is 0 Å². The van der Waals surface area contributed by atoms with Gasteiger partial charge in [0, 0.05) is 18.7 Å². The maximum atomic E-state index is 12.6. The SMILES string of the molecule is COc1cccc(-c2ccc(C(=O)N3CC(N4C(=O)COC4=O)C3)cc2)c1. The highest BCUT2D eigenvalue weighted by atomic mass is 16.6. The van der Waals surface area contributed by atoms with Gasteiger partial charge in [0.25, 0.3) is 11.8 Å². The topological polar surface area (TPSA) is 76.2 Å². The zero-order valence-corrected chi connectivity index (χ0v) is 14.8. The maximum Gasteiger partial charge on any atom is 0.417 e. The van der Waals surface area contributed by atoms with Crippen LogP contribution in [0.3, 0.4) is 0 Å². The monoisotopic (exact) mass is 366 g/mol. The van der Waals surface area contributed by atoms with Crippen LogP contribution >= 0.6 is 0 Å². The fourth-order valence-corrected chi connectivity index (χ4v) is 3.29. The van der Waals surface area contributed by atoms with E-state index in [1.54, 1.807) is 24.1 Å². The molecule has 4 rings (SSSR count). The van der Waals surface area contributed by atoms with Crippen molar-refractivity contribution in [3.8, 4) is 16.9 Å². The Bertz CT molecular complexity index is 887. The van der Waals surface area contributed by atoms with Gasteiger partial charge in [-0.05, 0) is 35.4 Å². The van der Waals surface area contributed by atoms with Gasteiger partial charge in [-0.25, -0.2) is 9.69 Å². The molecule has 7 nitrogen and oxygen atoms in total. The number of carbonyl (C=O) groups is 3. The zero-order chi connectivity index (χ0) is 19.0. The Kier molecular flexibility index (Phi) is 4.27. The van der Waals surface area contributed by atoms with Crippen molar-refractivity contribution < 1.29 is 23.9 Å². The molecular formula is C20H18N2O5. The van der Waals surface area contributed by atoms with Gasteiger partial charge in [0.1, 0.15) is 5.75 Å². The summed E-state index contributed by atoms with van der Waals surface area (Å²) in [5.74, 6) is 0.303. The van der Waals surface area contributed by atoms with Gasteiger partial charge in [-0.1, -0.05) is 24.3 Å². The van der Waals surface area contributed by atoms with Crippen molar-refractivity contribution in [2.24, 2.45) is 0 Å². The van der Waals surface area contributed by atoms with Crippen molar-refractivity contribution in [1.29, 1.82) is 0 Å². The molecule has 2 saturated heterocycles. The smallest absolute Gasteiger partial charge is 0.417 e. The van der Waals surface area contributed by atoms with Gasteiger partial charge in [-0.15, -0.1) is 0 Å². The first-order valence-electron chi connectivity index (χ1n) is 8.59. The van der Waals surface area contributed by atoms with E-state index >= 15 is 0 Å². The summed E-state index contributed by atoms with van der Waals surface area (Å²) in [6, 6.07) is 14.7. The number of rotatable bonds is 4. The molecule has 2 aliphatic heterocycles. The van der Waals surface area contributed by atoms with E-state index in [4.69, 9.17) is 9.47 Å². The highest BCUT2D eigenvalue weighted by Crippen LogP contribution is 2.26. The number of hydrogen-bond donors (Lipinski definition) is 0. The molecule has 2 heterocycles.